The second-order valence-corrected chi connectivity index (χ2v) is 1.80. The van der Waals surface area contributed by atoms with Crippen LogP contribution in [-0.4, -0.2) is 0 Å². The Morgan fingerprint density at radius 1 is 1.83 bits per heavy atom. The summed E-state index contributed by atoms with van der Waals surface area (Å²) in [5, 5.41) is 0. The van der Waals surface area contributed by atoms with Crippen molar-refractivity contribution in [2.45, 2.75) is 0 Å². The molecule has 1 nitrogen and oxygen atoms in total. The summed E-state index contributed by atoms with van der Waals surface area (Å²) in [5.41, 5.74) is 0. The molecule has 0 amide bonds. The molecular formula is C4H2BrO. The van der Waals surface area contributed by atoms with E-state index in [-0.39, 0.29) is 0 Å². The molecule has 0 unspecified atom stereocenters. The van der Waals surface area contributed by atoms with Gasteiger partial charge in [0, 0.05) is 6.07 Å². The summed E-state index contributed by atoms with van der Waals surface area (Å²) in [6, 6.07) is 1.71. The highest BCUT2D eigenvalue weighted by molar-refractivity contribution is 9.10. The molecule has 2 heteroatoms. The molecule has 31 valence electrons. The first-order chi connectivity index (χ1) is 2.89. The fraction of sp³-hybridized carbons (Fsp3) is 0. The van der Waals surface area contributed by atoms with Crippen molar-refractivity contribution in [3.63, 3.8) is 0 Å². The van der Waals surface area contributed by atoms with Gasteiger partial charge in [-0.15, -0.1) is 0 Å². The van der Waals surface area contributed by atoms with Crippen molar-refractivity contribution >= 4 is 15.9 Å². The molecule has 0 fully saturated rings. The van der Waals surface area contributed by atoms with E-state index in [1.807, 2.05) is 0 Å². The highest BCUT2D eigenvalue weighted by atomic mass is 79.9. The Labute approximate surface area is 44.1 Å². The van der Waals surface area contributed by atoms with Crippen LogP contribution >= 0.6 is 15.9 Å². The fourth-order valence-corrected chi connectivity index (χ4v) is 0.402. The van der Waals surface area contributed by atoms with Crippen molar-refractivity contribution < 1.29 is 4.42 Å². The molecular weight excluding hydrogens is 144 g/mol. The molecule has 0 aliphatic rings. The lowest BCUT2D eigenvalue weighted by atomic mass is 10.7. The van der Waals surface area contributed by atoms with E-state index in [0.29, 0.717) is 0 Å². The summed E-state index contributed by atoms with van der Waals surface area (Å²) in [6.45, 7) is 0. The van der Waals surface area contributed by atoms with Crippen LogP contribution in [-0.2, 0) is 0 Å². The van der Waals surface area contributed by atoms with Crippen LogP contribution in [0.25, 0.3) is 0 Å². The smallest absolute Gasteiger partial charge is 0.170 e. The Hall–Kier alpha value is -0.240. The van der Waals surface area contributed by atoms with Gasteiger partial charge in [-0.2, -0.15) is 0 Å². The summed E-state index contributed by atoms with van der Waals surface area (Å²) in [6.07, 6.45) is 4.08. The maximum Gasteiger partial charge on any atom is 0.170 e. The fourth-order valence-electron chi connectivity index (χ4n) is 0.215. The van der Waals surface area contributed by atoms with Crippen LogP contribution in [0.4, 0.5) is 0 Å². The SMILES string of the molecule is Brc1c[c]oc1. The maximum absolute atomic E-state index is 4.54. The molecule has 1 radical (unpaired) electrons. The van der Waals surface area contributed by atoms with E-state index in [1.54, 1.807) is 12.3 Å². The Morgan fingerprint density at radius 2 is 2.67 bits per heavy atom. The van der Waals surface area contributed by atoms with Crippen LogP contribution in [0.15, 0.2) is 21.2 Å². The minimum absolute atomic E-state index is 0.933. The molecule has 0 aromatic carbocycles. The van der Waals surface area contributed by atoms with Crippen LogP contribution in [0.3, 0.4) is 0 Å². The molecule has 0 saturated heterocycles. The molecule has 0 saturated carbocycles. The number of rotatable bonds is 0. The standard InChI is InChI=1S/C4H2BrO/c5-4-1-2-6-3-4/h1,3H. The van der Waals surface area contributed by atoms with Crippen LogP contribution in [0.1, 0.15) is 0 Å². The lowest BCUT2D eigenvalue weighted by Crippen LogP contribution is -1.35. The molecule has 0 spiro atoms. The van der Waals surface area contributed by atoms with Gasteiger partial charge in [-0.3, -0.25) is 0 Å². The van der Waals surface area contributed by atoms with Crippen LogP contribution in [0.2, 0.25) is 0 Å². The Balaban J connectivity index is 3.05. The summed E-state index contributed by atoms with van der Waals surface area (Å²) in [7, 11) is 0. The topological polar surface area (TPSA) is 13.1 Å². The third-order valence-electron chi connectivity index (χ3n) is 0.436. The van der Waals surface area contributed by atoms with Crippen molar-refractivity contribution in [3.8, 4) is 0 Å². The maximum atomic E-state index is 4.54. The lowest BCUT2D eigenvalue weighted by molar-refractivity contribution is 0.557. The van der Waals surface area contributed by atoms with E-state index in [4.69, 9.17) is 0 Å². The number of hydrogen-bond acceptors (Lipinski definition) is 1. The zero-order valence-electron chi connectivity index (χ0n) is 2.94. The summed E-state index contributed by atoms with van der Waals surface area (Å²) >= 11 is 3.16. The monoisotopic (exact) mass is 145 g/mol. The van der Waals surface area contributed by atoms with Crippen LogP contribution in [0.5, 0.6) is 0 Å². The Bertz CT molecular complexity index is 111. The van der Waals surface area contributed by atoms with Gasteiger partial charge in [-0.05, 0) is 15.9 Å². The first kappa shape index (κ1) is 3.93. The number of halogens is 1. The minimum Gasteiger partial charge on any atom is -0.460 e. The molecule has 1 aromatic heterocycles. The molecule has 6 heavy (non-hydrogen) atoms. The van der Waals surface area contributed by atoms with Gasteiger partial charge in [0.25, 0.3) is 0 Å². The third kappa shape index (κ3) is 0.627. The van der Waals surface area contributed by atoms with Gasteiger partial charge in [0.15, 0.2) is 6.26 Å². The van der Waals surface area contributed by atoms with Crippen LogP contribution < -0.4 is 0 Å². The highest BCUT2D eigenvalue weighted by Gasteiger charge is 1.79. The van der Waals surface area contributed by atoms with Gasteiger partial charge in [0.2, 0.25) is 0 Å². The average molecular weight is 146 g/mol. The molecule has 1 heterocycles. The van der Waals surface area contributed by atoms with E-state index in [1.165, 1.54) is 0 Å². The summed E-state index contributed by atoms with van der Waals surface area (Å²) in [5.74, 6) is 0. The summed E-state index contributed by atoms with van der Waals surface area (Å²) in [4.78, 5) is 0. The second kappa shape index (κ2) is 1.47. The van der Waals surface area contributed by atoms with E-state index in [9.17, 15) is 0 Å². The highest BCUT2D eigenvalue weighted by Crippen LogP contribution is 2.06. The quantitative estimate of drug-likeness (QED) is 0.544. The zero-order valence-corrected chi connectivity index (χ0v) is 4.53. The minimum atomic E-state index is 0.933. The van der Waals surface area contributed by atoms with E-state index in [2.05, 4.69) is 26.6 Å². The molecule has 0 aliphatic heterocycles. The van der Waals surface area contributed by atoms with Gasteiger partial charge in [-0.25, -0.2) is 0 Å². The number of furan rings is 1. The van der Waals surface area contributed by atoms with Gasteiger partial charge in [-0.1, -0.05) is 0 Å². The predicted molar refractivity (Wildman–Crippen MR) is 25.2 cm³/mol. The van der Waals surface area contributed by atoms with E-state index < -0.39 is 0 Å². The third-order valence-corrected chi connectivity index (χ3v) is 0.852. The second-order valence-electron chi connectivity index (χ2n) is 0.883. The van der Waals surface area contributed by atoms with Crippen molar-refractivity contribution in [1.29, 1.82) is 0 Å². The Kier molecular flexibility index (Phi) is 0.965. The van der Waals surface area contributed by atoms with Gasteiger partial charge < -0.3 is 4.42 Å². The first-order valence-corrected chi connectivity index (χ1v) is 2.29. The van der Waals surface area contributed by atoms with Crippen molar-refractivity contribution in [2.24, 2.45) is 0 Å². The van der Waals surface area contributed by atoms with Gasteiger partial charge in [0.05, 0.1) is 4.47 Å². The average Bonchev–Trinajstić information content (AvgIpc) is 1.86. The van der Waals surface area contributed by atoms with Crippen molar-refractivity contribution in [2.75, 3.05) is 0 Å². The number of hydrogen-bond donors (Lipinski definition) is 0. The molecule has 0 atom stereocenters. The van der Waals surface area contributed by atoms with Crippen LogP contribution in [0, 0.1) is 6.26 Å². The van der Waals surface area contributed by atoms with E-state index in [0.717, 1.165) is 4.47 Å². The van der Waals surface area contributed by atoms with E-state index >= 15 is 0 Å². The normalized spacial score (nSPS) is 8.83. The van der Waals surface area contributed by atoms with Gasteiger partial charge in [0.1, 0.15) is 6.26 Å². The largest absolute Gasteiger partial charge is 0.460 e. The Morgan fingerprint density at radius 3 is 2.83 bits per heavy atom. The summed E-state index contributed by atoms with van der Waals surface area (Å²) < 4.78 is 5.48. The molecule has 0 bridgehead atoms. The van der Waals surface area contributed by atoms with Crippen molar-refractivity contribution in [3.05, 3.63) is 23.1 Å². The molecule has 1 aromatic rings. The van der Waals surface area contributed by atoms with Gasteiger partial charge >= 0.3 is 0 Å². The first-order valence-electron chi connectivity index (χ1n) is 1.49. The molecule has 0 N–H and O–H groups in total. The zero-order chi connectivity index (χ0) is 4.41. The molecule has 0 aliphatic carbocycles. The lowest BCUT2D eigenvalue weighted by Gasteiger charge is -1.60. The predicted octanol–water partition coefficient (Wildman–Crippen LogP) is 1.84. The van der Waals surface area contributed by atoms with Crippen molar-refractivity contribution in [1.82, 2.24) is 0 Å². The molecule has 1 rings (SSSR count).